The highest BCUT2D eigenvalue weighted by Crippen LogP contribution is 2.27. The Hall–Kier alpha value is -3.86. The van der Waals surface area contributed by atoms with Gasteiger partial charge in [0.15, 0.2) is 22.5 Å². The molecule has 2 aliphatic rings. The van der Waals surface area contributed by atoms with Crippen molar-refractivity contribution < 1.29 is 9.59 Å². The van der Waals surface area contributed by atoms with Gasteiger partial charge in [0.2, 0.25) is 11.7 Å². The van der Waals surface area contributed by atoms with Gasteiger partial charge in [-0.15, -0.1) is 0 Å². The number of ketones is 1. The number of carbonyl (C=O) groups excluding carboxylic acids is 2. The number of likely N-dealkylation sites (tertiary alicyclic amines) is 1. The summed E-state index contributed by atoms with van der Waals surface area (Å²) >= 11 is 5.89. The lowest BCUT2D eigenvalue weighted by atomic mass is 9.88. The van der Waals surface area contributed by atoms with Crippen molar-refractivity contribution in [2.45, 2.75) is 38.8 Å². The summed E-state index contributed by atoms with van der Waals surface area (Å²) in [6, 6.07) is 4.13. The topological polar surface area (TPSA) is 157 Å². The van der Waals surface area contributed by atoms with Crippen LogP contribution in [0.5, 0.6) is 0 Å². The first-order chi connectivity index (χ1) is 17.1. The first kappa shape index (κ1) is 23.9. The standard InChI is InChI=1S/C24H28ClN9O2/c1-13-7-15-16(8-14(13)2)34(12-29-15)10-19(36)33-5-3-24(4-6-33)11-28-18(32-24)9-17(35)20-22(26)31-23(27)21(25)30-20/h7-9,12,28,32H,3-6,10-11H2,1-2H3,(H4,26,27,31)/b18-9+. The van der Waals surface area contributed by atoms with E-state index in [1.54, 1.807) is 6.33 Å². The molecule has 6 N–H and O–H groups in total. The number of nitrogens with two attached hydrogens (primary N) is 2. The first-order valence-electron chi connectivity index (χ1n) is 11.7. The summed E-state index contributed by atoms with van der Waals surface area (Å²) < 4.78 is 1.91. The van der Waals surface area contributed by atoms with Gasteiger partial charge in [0.1, 0.15) is 12.4 Å². The maximum absolute atomic E-state index is 13.1. The number of hydrogen-bond acceptors (Lipinski definition) is 9. The highest BCUT2D eigenvalue weighted by Gasteiger charge is 2.40. The predicted molar refractivity (Wildman–Crippen MR) is 137 cm³/mol. The molecule has 2 saturated heterocycles. The zero-order valence-corrected chi connectivity index (χ0v) is 20.9. The first-order valence-corrected chi connectivity index (χ1v) is 12.1. The Balaban J connectivity index is 1.21. The van der Waals surface area contributed by atoms with Gasteiger partial charge in [-0.05, 0) is 49.9 Å². The number of piperidine rings is 1. The molecule has 3 aromatic rings. The number of hydrogen-bond donors (Lipinski definition) is 4. The normalized spacial score (nSPS) is 18.0. The van der Waals surface area contributed by atoms with E-state index in [0.717, 1.165) is 23.9 Å². The van der Waals surface area contributed by atoms with Gasteiger partial charge in [0, 0.05) is 25.7 Å². The number of nitrogens with one attached hydrogen (secondary N) is 2. The number of fused-ring (bicyclic) bond motifs is 1. The molecule has 4 heterocycles. The van der Waals surface area contributed by atoms with Crippen LogP contribution in [0.4, 0.5) is 11.6 Å². The van der Waals surface area contributed by atoms with Gasteiger partial charge in [0.05, 0.1) is 22.9 Å². The molecule has 0 aliphatic carbocycles. The SMILES string of the molecule is Cc1cc2ncn(CC(=O)N3CCC4(CC3)CN/C(=C\C(=O)c3nc(Cl)c(N)nc3N)N4)c2cc1C. The van der Waals surface area contributed by atoms with Crippen LogP contribution in [0.25, 0.3) is 11.0 Å². The summed E-state index contributed by atoms with van der Waals surface area (Å²) in [5.74, 6) is 0.106. The molecule has 1 spiro atoms. The number of anilines is 2. The van der Waals surface area contributed by atoms with Gasteiger partial charge in [0.25, 0.3) is 0 Å². The van der Waals surface area contributed by atoms with E-state index in [2.05, 4.69) is 45.5 Å². The molecule has 1 aromatic carbocycles. The highest BCUT2D eigenvalue weighted by atomic mass is 35.5. The molecule has 2 aromatic heterocycles. The fourth-order valence-corrected chi connectivity index (χ4v) is 4.85. The van der Waals surface area contributed by atoms with Crippen LogP contribution in [0.2, 0.25) is 5.15 Å². The van der Waals surface area contributed by atoms with Crippen LogP contribution in [0.1, 0.15) is 34.5 Å². The van der Waals surface area contributed by atoms with E-state index in [1.807, 2.05) is 15.5 Å². The van der Waals surface area contributed by atoms with E-state index < -0.39 is 5.78 Å². The number of allylic oxidation sites excluding steroid dienone is 1. The maximum Gasteiger partial charge on any atom is 0.242 e. The number of nitrogen functional groups attached to an aromatic ring is 2. The number of halogens is 1. The summed E-state index contributed by atoms with van der Waals surface area (Å²) in [5, 5.41) is 6.59. The average Bonchev–Trinajstić information content (AvgIpc) is 3.40. The molecule has 188 valence electrons. The molecular formula is C24H28ClN9O2. The number of imidazole rings is 1. The molecule has 0 atom stereocenters. The van der Waals surface area contributed by atoms with Gasteiger partial charge < -0.3 is 31.6 Å². The minimum Gasteiger partial charge on any atom is -0.382 e. The summed E-state index contributed by atoms with van der Waals surface area (Å²) in [6.45, 7) is 6.25. The van der Waals surface area contributed by atoms with E-state index in [-0.39, 0.29) is 40.5 Å². The van der Waals surface area contributed by atoms with Crippen molar-refractivity contribution in [1.29, 1.82) is 0 Å². The number of nitrogens with zero attached hydrogens (tertiary/aromatic N) is 5. The summed E-state index contributed by atoms with van der Waals surface area (Å²) in [5.41, 5.74) is 15.3. The van der Waals surface area contributed by atoms with Crippen LogP contribution < -0.4 is 22.1 Å². The molecule has 0 bridgehead atoms. The molecule has 11 nitrogen and oxygen atoms in total. The zero-order valence-electron chi connectivity index (χ0n) is 20.1. The fraction of sp³-hybridized carbons (Fsp3) is 0.375. The van der Waals surface area contributed by atoms with E-state index in [4.69, 9.17) is 23.1 Å². The molecular weight excluding hydrogens is 482 g/mol. The Labute approximate surface area is 212 Å². The van der Waals surface area contributed by atoms with Crippen LogP contribution in [0.3, 0.4) is 0 Å². The highest BCUT2D eigenvalue weighted by molar-refractivity contribution is 6.31. The lowest BCUT2D eigenvalue weighted by Gasteiger charge is -2.39. The lowest BCUT2D eigenvalue weighted by molar-refractivity contribution is -0.133. The van der Waals surface area contributed by atoms with E-state index >= 15 is 0 Å². The van der Waals surface area contributed by atoms with Gasteiger partial charge in [-0.3, -0.25) is 9.59 Å². The Morgan fingerprint density at radius 1 is 1.14 bits per heavy atom. The van der Waals surface area contributed by atoms with Crippen LogP contribution in [-0.2, 0) is 11.3 Å². The number of carbonyl (C=O) groups is 2. The van der Waals surface area contributed by atoms with Gasteiger partial charge in [-0.2, -0.15) is 0 Å². The summed E-state index contributed by atoms with van der Waals surface area (Å²) in [7, 11) is 0. The molecule has 12 heteroatoms. The smallest absolute Gasteiger partial charge is 0.242 e. The largest absolute Gasteiger partial charge is 0.382 e. The Morgan fingerprint density at radius 3 is 2.61 bits per heavy atom. The Morgan fingerprint density at radius 2 is 1.86 bits per heavy atom. The van der Waals surface area contributed by atoms with Crippen molar-refractivity contribution in [3.05, 3.63) is 52.3 Å². The number of aryl methyl sites for hydroxylation is 2. The van der Waals surface area contributed by atoms with Crippen LogP contribution in [0.15, 0.2) is 30.4 Å². The monoisotopic (exact) mass is 509 g/mol. The van der Waals surface area contributed by atoms with Crippen LogP contribution in [-0.4, -0.2) is 61.3 Å². The van der Waals surface area contributed by atoms with E-state index in [0.29, 0.717) is 25.5 Å². The Kier molecular flexibility index (Phi) is 5.95. The molecule has 2 fully saturated rings. The van der Waals surface area contributed by atoms with Crippen molar-refractivity contribution in [2.24, 2.45) is 0 Å². The number of amides is 1. The second-order valence-corrected chi connectivity index (χ2v) is 9.85. The fourth-order valence-electron chi connectivity index (χ4n) is 4.72. The number of aromatic nitrogens is 4. The van der Waals surface area contributed by atoms with Gasteiger partial charge in [-0.1, -0.05) is 11.6 Å². The maximum atomic E-state index is 13.1. The van der Waals surface area contributed by atoms with Crippen molar-refractivity contribution in [2.75, 3.05) is 31.1 Å². The second-order valence-electron chi connectivity index (χ2n) is 9.49. The average molecular weight is 510 g/mol. The lowest BCUT2D eigenvalue weighted by Crippen LogP contribution is -2.53. The molecule has 5 rings (SSSR count). The quantitative estimate of drug-likeness (QED) is 0.302. The van der Waals surface area contributed by atoms with Crippen molar-refractivity contribution in [1.82, 2.24) is 35.1 Å². The molecule has 0 saturated carbocycles. The molecule has 0 radical (unpaired) electrons. The van der Waals surface area contributed by atoms with Crippen molar-refractivity contribution in [3.63, 3.8) is 0 Å². The number of rotatable bonds is 4. The number of benzene rings is 1. The van der Waals surface area contributed by atoms with Gasteiger partial charge in [-0.25, -0.2) is 15.0 Å². The second kappa shape index (κ2) is 8.98. The van der Waals surface area contributed by atoms with E-state index in [1.165, 1.54) is 17.2 Å². The predicted octanol–water partition coefficient (Wildman–Crippen LogP) is 1.54. The molecule has 1 amide bonds. The zero-order chi connectivity index (χ0) is 25.6. The van der Waals surface area contributed by atoms with Crippen LogP contribution in [0, 0.1) is 13.8 Å². The summed E-state index contributed by atoms with van der Waals surface area (Å²) in [4.78, 5) is 39.9. The van der Waals surface area contributed by atoms with Gasteiger partial charge >= 0.3 is 0 Å². The minimum absolute atomic E-state index is 0.0258. The summed E-state index contributed by atoms with van der Waals surface area (Å²) in [6.07, 6.45) is 4.62. The molecule has 0 unspecified atom stereocenters. The van der Waals surface area contributed by atoms with Crippen molar-refractivity contribution >= 4 is 46.0 Å². The Bertz CT molecular complexity index is 1410. The third-order valence-electron chi connectivity index (χ3n) is 7.05. The minimum atomic E-state index is -0.431. The van der Waals surface area contributed by atoms with Crippen molar-refractivity contribution in [3.8, 4) is 0 Å². The third-order valence-corrected chi connectivity index (χ3v) is 7.32. The van der Waals surface area contributed by atoms with E-state index in [9.17, 15) is 9.59 Å². The third kappa shape index (κ3) is 4.41. The molecule has 36 heavy (non-hydrogen) atoms. The van der Waals surface area contributed by atoms with Crippen LogP contribution >= 0.6 is 11.6 Å². The molecule has 2 aliphatic heterocycles.